The number of methoxy groups -OCH3 is 1. The van der Waals surface area contributed by atoms with Gasteiger partial charge in [-0.05, 0) is 72.4 Å². The summed E-state index contributed by atoms with van der Waals surface area (Å²) in [5, 5.41) is 3.16. The van der Waals surface area contributed by atoms with Gasteiger partial charge in [0.15, 0.2) is 0 Å². The maximum absolute atomic E-state index is 13.3. The minimum atomic E-state index is -0.162. The first-order valence-electron chi connectivity index (χ1n) is 10.2. The van der Waals surface area contributed by atoms with Gasteiger partial charge in [-0.2, -0.15) is 0 Å². The molecule has 4 heteroatoms. The highest BCUT2D eigenvalue weighted by Crippen LogP contribution is 2.32. The Labute approximate surface area is 178 Å². The fourth-order valence-corrected chi connectivity index (χ4v) is 3.58. The van der Waals surface area contributed by atoms with Crippen LogP contribution in [0.15, 0.2) is 65.3 Å². The zero-order valence-electron chi connectivity index (χ0n) is 18.2. The van der Waals surface area contributed by atoms with Crippen LogP contribution >= 0.6 is 0 Å². The van der Waals surface area contributed by atoms with Gasteiger partial charge >= 0.3 is 0 Å². The monoisotopic (exact) mass is 403 g/mol. The Morgan fingerprint density at radius 2 is 1.77 bits per heavy atom. The lowest BCUT2D eigenvalue weighted by Crippen LogP contribution is -2.28. The van der Waals surface area contributed by atoms with Crippen LogP contribution in [-0.4, -0.2) is 13.0 Å². The van der Waals surface area contributed by atoms with Gasteiger partial charge < -0.3 is 14.5 Å². The number of nitrogens with one attached hydrogen (secondary N) is 1. The Morgan fingerprint density at radius 3 is 2.37 bits per heavy atom. The average Bonchev–Trinajstić information content (AvgIpc) is 3.25. The van der Waals surface area contributed by atoms with Crippen molar-refractivity contribution in [2.75, 3.05) is 7.11 Å². The zero-order chi connectivity index (χ0) is 21.7. The maximum atomic E-state index is 13.3. The minimum absolute atomic E-state index is 0.147. The Balaban J connectivity index is 1.92. The number of carbonyl (C=O) groups excluding carboxylic acids is 1. The summed E-state index contributed by atoms with van der Waals surface area (Å²) in [4.78, 5) is 13.3. The summed E-state index contributed by atoms with van der Waals surface area (Å²) in [6.45, 7) is 8.33. The van der Waals surface area contributed by atoms with Crippen LogP contribution in [0.2, 0.25) is 0 Å². The van der Waals surface area contributed by atoms with E-state index in [-0.39, 0.29) is 11.9 Å². The van der Waals surface area contributed by atoms with Crippen molar-refractivity contribution in [2.45, 2.75) is 39.7 Å². The van der Waals surface area contributed by atoms with Crippen LogP contribution in [0.4, 0.5) is 0 Å². The molecule has 1 aromatic heterocycles. The van der Waals surface area contributed by atoms with Crippen molar-refractivity contribution in [1.29, 1.82) is 0 Å². The minimum Gasteiger partial charge on any atom is -0.496 e. The fraction of sp³-hybridized carbons (Fsp3) is 0.269. The topological polar surface area (TPSA) is 51.5 Å². The molecule has 3 aromatic rings. The van der Waals surface area contributed by atoms with Crippen molar-refractivity contribution in [3.8, 4) is 5.75 Å². The normalized spacial score (nSPS) is 12.7. The van der Waals surface area contributed by atoms with E-state index in [1.165, 1.54) is 0 Å². The number of benzene rings is 2. The van der Waals surface area contributed by atoms with Crippen LogP contribution in [0, 0.1) is 6.92 Å². The number of hydrogen-bond donors (Lipinski definition) is 1. The first kappa shape index (κ1) is 21.4. The lowest BCUT2D eigenvalue weighted by atomic mass is 9.93. The van der Waals surface area contributed by atoms with Crippen molar-refractivity contribution < 1.29 is 13.9 Å². The van der Waals surface area contributed by atoms with E-state index in [1.807, 2.05) is 62.4 Å². The second kappa shape index (κ2) is 9.49. The van der Waals surface area contributed by atoms with E-state index in [2.05, 4.69) is 25.2 Å². The van der Waals surface area contributed by atoms with Crippen LogP contribution in [0.3, 0.4) is 0 Å². The highest BCUT2D eigenvalue weighted by atomic mass is 16.5. The second-order valence-corrected chi connectivity index (χ2v) is 7.74. The molecule has 4 nitrogen and oxygen atoms in total. The molecule has 0 bridgehead atoms. The van der Waals surface area contributed by atoms with Gasteiger partial charge in [-0.3, -0.25) is 4.79 Å². The number of aryl methyl sites for hydroxylation is 1. The molecule has 0 saturated carbocycles. The highest BCUT2D eigenvalue weighted by molar-refractivity contribution is 6.24. The predicted molar refractivity (Wildman–Crippen MR) is 121 cm³/mol. The molecule has 2 aromatic carbocycles. The van der Waals surface area contributed by atoms with E-state index in [1.54, 1.807) is 19.4 Å². The molecule has 30 heavy (non-hydrogen) atoms. The third-order valence-corrected chi connectivity index (χ3v) is 5.21. The summed E-state index contributed by atoms with van der Waals surface area (Å²) in [5.74, 6) is 1.69. The number of amides is 1. The van der Waals surface area contributed by atoms with Crippen molar-refractivity contribution >= 4 is 17.6 Å². The predicted octanol–water partition coefficient (Wildman–Crippen LogP) is 6.14. The molecule has 0 unspecified atom stereocenters. The molecule has 0 fully saturated rings. The molecular weight excluding hydrogens is 374 g/mol. The third kappa shape index (κ3) is 4.82. The maximum Gasteiger partial charge on any atom is 0.252 e. The number of furan rings is 1. The standard InChI is InChI=1S/C26H29NO3/c1-17(2)22-16-23(18(3)14-25(22)29-5)19(4)27-26(28)24(15-21-12-9-13-30-21)20-10-7-6-8-11-20/h6-17,19H,1-5H3,(H,27,28)/b24-15+/t19-/m1/s1. The molecule has 3 rings (SSSR count). The molecule has 0 aliphatic heterocycles. The second-order valence-electron chi connectivity index (χ2n) is 7.74. The summed E-state index contributed by atoms with van der Waals surface area (Å²) >= 11 is 0. The molecule has 1 heterocycles. The van der Waals surface area contributed by atoms with Crippen molar-refractivity contribution in [3.05, 3.63) is 88.9 Å². The summed E-state index contributed by atoms with van der Waals surface area (Å²) in [6.07, 6.45) is 3.38. The van der Waals surface area contributed by atoms with Gasteiger partial charge in [0, 0.05) is 0 Å². The van der Waals surface area contributed by atoms with Gasteiger partial charge in [0.2, 0.25) is 0 Å². The highest BCUT2D eigenvalue weighted by Gasteiger charge is 2.19. The van der Waals surface area contributed by atoms with Crippen LogP contribution in [0.1, 0.15) is 60.7 Å². The molecule has 0 aliphatic carbocycles. The van der Waals surface area contributed by atoms with E-state index in [4.69, 9.17) is 9.15 Å². The van der Waals surface area contributed by atoms with E-state index in [0.717, 1.165) is 28.0 Å². The molecule has 0 spiro atoms. The summed E-state index contributed by atoms with van der Waals surface area (Å²) in [7, 11) is 1.69. The lowest BCUT2D eigenvalue weighted by Gasteiger charge is -2.21. The Bertz CT molecular complexity index is 1020. The average molecular weight is 404 g/mol. The molecule has 1 atom stereocenters. The largest absolute Gasteiger partial charge is 0.496 e. The molecule has 156 valence electrons. The number of carbonyl (C=O) groups is 1. The Hall–Kier alpha value is -3.27. The SMILES string of the molecule is COc1cc(C)c([C@@H](C)NC(=O)/C(=C/c2ccco2)c2ccccc2)cc1C(C)C. The number of ether oxygens (including phenoxy) is 1. The van der Waals surface area contributed by atoms with Crippen molar-refractivity contribution in [1.82, 2.24) is 5.32 Å². The summed E-state index contributed by atoms with van der Waals surface area (Å²) < 4.78 is 11.0. The van der Waals surface area contributed by atoms with Crippen molar-refractivity contribution in [2.24, 2.45) is 0 Å². The Kier molecular flexibility index (Phi) is 6.78. The van der Waals surface area contributed by atoms with Gasteiger partial charge in [-0.15, -0.1) is 0 Å². The lowest BCUT2D eigenvalue weighted by molar-refractivity contribution is -0.116. The van der Waals surface area contributed by atoms with Gasteiger partial charge in [0.25, 0.3) is 5.91 Å². The van der Waals surface area contributed by atoms with Crippen LogP contribution < -0.4 is 10.1 Å². The fourth-order valence-electron chi connectivity index (χ4n) is 3.58. The van der Waals surface area contributed by atoms with Gasteiger partial charge in [-0.1, -0.05) is 44.2 Å². The number of rotatable bonds is 7. The summed E-state index contributed by atoms with van der Waals surface area (Å²) in [6, 6.07) is 17.3. The van der Waals surface area contributed by atoms with Gasteiger partial charge in [0.1, 0.15) is 11.5 Å². The molecule has 0 aliphatic rings. The Morgan fingerprint density at radius 1 is 1.03 bits per heavy atom. The first-order chi connectivity index (χ1) is 14.4. The van der Waals surface area contributed by atoms with E-state index in [0.29, 0.717) is 17.3 Å². The van der Waals surface area contributed by atoms with E-state index < -0.39 is 0 Å². The molecule has 0 radical (unpaired) electrons. The van der Waals surface area contributed by atoms with Gasteiger partial charge in [-0.25, -0.2) is 0 Å². The van der Waals surface area contributed by atoms with E-state index >= 15 is 0 Å². The van der Waals surface area contributed by atoms with Crippen LogP contribution in [0.5, 0.6) is 5.75 Å². The first-order valence-corrected chi connectivity index (χ1v) is 10.2. The molecule has 1 amide bonds. The molecular formula is C26H29NO3. The smallest absolute Gasteiger partial charge is 0.252 e. The third-order valence-electron chi connectivity index (χ3n) is 5.21. The van der Waals surface area contributed by atoms with Crippen LogP contribution in [-0.2, 0) is 4.79 Å². The number of hydrogen-bond acceptors (Lipinski definition) is 3. The quantitative estimate of drug-likeness (QED) is 0.482. The van der Waals surface area contributed by atoms with Gasteiger partial charge in [0.05, 0.1) is 25.0 Å². The van der Waals surface area contributed by atoms with Crippen LogP contribution in [0.25, 0.3) is 11.6 Å². The molecule has 0 saturated heterocycles. The summed E-state index contributed by atoms with van der Waals surface area (Å²) in [5.41, 5.74) is 4.70. The van der Waals surface area contributed by atoms with E-state index in [9.17, 15) is 4.79 Å². The zero-order valence-corrected chi connectivity index (χ0v) is 18.2. The molecule has 1 N–H and O–H groups in total. The van der Waals surface area contributed by atoms with Crippen molar-refractivity contribution in [3.63, 3.8) is 0 Å².